The highest BCUT2D eigenvalue weighted by molar-refractivity contribution is 5.58. The molecule has 2 aromatic rings. The quantitative estimate of drug-likeness (QED) is 0.864. The minimum atomic E-state index is -0.402. The molecule has 1 atom stereocenters. The van der Waals surface area contributed by atoms with Crippen LogP contribution in [0, 0.1) is 5.82 Å². The summed E-state index contributed by atoms with van der Waals surface area (Å²) < 4.78 is 13.8. The first kappa shape index (κ1) is 15.9. The highest BCUT2D eigenvalue weighted by Gasteiger charge is 2.20. The number of benzene rings is 1. The molecule has 4 nitrogen and oxygen atoms in total. The maximum absolute atomic E-state index is 13.8. The first-order chi connectivity index (χ1) is 11.1. The second-order valence-corrected chi connectivity index (χ2v) is 6.30. The molecule has 122 valence electrons. The summed E-state index contributed by atoms with van der Waals surface area (Å²) in [6, 6.07) is 8.65. The Hall–Kier alpha value is -2.01. The predicted octanol–water partition coefficient (Wildman–Crippen LogP) is 3.51. The van der Waals surface area contributed by atoms with Gasteiger partial charge < -0.3 is 4.90 Å². The molecule has 0 spiro atoms. The Kier molecular flexibility index (Phi) is 4.57. The number of halogens is 1. The van der Waals surface area contributed by atoms with Gasteiger partial charge in [-0.05, 0) is 44.5 Å². The molecule has 0 bridgehead atoms. The van der Waals surface area contributed by atoms with Crippen LogP contribution in [0.1, 0.15) is 31.4 Å². The van der Waals surface area contributed by atoms with Crippen molar-refractivity contribution in [1.29, 1.82) is 0 Å². The van der Waals surface area contributed by atoms with Crippen molar-refractivity contribution < 1.29 is 4.39 Å². The number of hydrogen-bond acceptors (Lipinski definition) is 4. The zero-order chi connectivity index (χ0) is 16.4. The van der Waals surface area contributed by atoms with Gasteiger partial charge in [0.15, 0.2) is 17.5 Å². The van der Waals surface area contributed by atoms with Gasteiger partial charge in [0, 0.05) is 25.7 Å². The van der Waals surface area contributed by atoms with E-state index in [9.17, 15) is 4.39 Å². The molecule has 1 aliphatic heterocycles. The summed E-state index contributed by atoms with van der Waals surface area (Å²) in [5.41, 5.74) is 2.18. The second kappa shape index (κ2) is 6.62. The summed E-state index contributed by atoms with van der Waals surface area (Å²) in [5, 5.41) is 0. The lowest BCUT2D eigenvalue weighted by Crippen LogP contribution is -2.23. The number of hydrogen-bond donors (Lipinski definition) is 0. The van der Waals surface area contributed by atoms with Crippen molar-refractivity contribution in [1.82, 2.24) is 14.9 Å². The van der Waals surface area contributed by atoms with E-state index in [4.69, 9.17) is 0 Å². The Morgan fingerprint density at radius 3 is 2.65 bits per heavy atom. The Morgan fingerprint density at radius 2 is 1.96 bits per heavy atom. The fraction of sp³-hybridized carbons (Fsp3) is 0.444. The Bertz CT molecular complexity index is 680. The van der Waals surface area contributed by atoms with Gasteiger partial charge in [0.25, 0.3) is 0 Å². The molecular weight excluding hydrogens is 291 g/mol. The summed E-state index contributed by atoms with van der Waals surface area (Å²) in [5.74, 6) is 0.471. The van der Waals surface area contributed by atoms with Crippen LogP contribution in [0.4, 0.5) is 10.2 Å². The molecule has 1 aromatic heterocycles. The maximum Gasteiger partial charge on any atom is 0.183 e. The van der Waals surface area contributed by atoms with Crippen LogP contribution in [-0.2, 0) is 0 Å². The van der Waals surface area contributed by atoms with Crippen molar-refractivity contribution in [2.45, 2.75) is 25.8 Å². The normalized spacial score (nSPS) is 16.5. The van der Waals surface area contributed by atoms with E-state index >= 15 is 0 Å². The average molecular weight is 314 g/mol. The van der Waals surface area contributed by atoms with Gasteiger partial charge in [0.2, 0.25) is 0 Å². The minimum Gasteiger partial charge on any atom is -0.360 e. The van der Waals surface area contributed by atoms with Crippen LogP contribution < -0.4 is 4.90 Å². The van der Waals surface area contributed by atoms with Crippen molar-refractivity contribution >= 4 is 5.82 Å². The third-order valence-corrected chi connectivity index (χ3v) is 4.46. The minimum absolute atomic E-state index is 0.313. The molecule has 0 saturated carbocycles. The van der Waals surface area contributed by atoms with Gasteiger partial charge in [-0.15, -0.1) is 0 Å². The van der Waals surface area contributed by atoms with Crippen molar-refractivity contribution in [3.8, 4) is 11.4 Å². The molecule has 2 heterocycles. The smallest absolute Gasteiger partial charge is 0.183 e. The lowest BCUT2D eigenvalue weighted by molar-refractivity contribution is 0.263. The van der Waals surface area contributed by atoms with Crippen molar-refractivity contribution in [3.05, 3.63) is 41.8 Å². The summed E-state index contributed by atoms with van der Waals surface area (Å²) >= 11 is 0. The SMILES string of the molecule is CC(c1cccc(-c2ncc(F)c(N(C)C)n2)c1)N1CCCC1. The van der Waals surface area contributed by atoms with E-state index in [1.807, 2.05) is 12.1 Å². The van der Waals surface area contributed by atoms with Crippen LogP contribution in [0.25, 0.3) is 11.4 Å². The number of likely N-dealkylation sites (tertiary alicyclic amines) is 1. The van der Waals surface area contributed by atoms with E-state index in [0.717, 1.165) is 18.7 Å². The van der Waals surface area contributed by atoms with E-state index in [-0.39, 0.29) is 0 Å². The van der Waals surface area contributed by atoms with E-state index in [1.165, 1.54) is 24.6 Å². The van der Waals surface area contributed by atoms with E-state index in [1.54, 1.807) is 19.0 Å². The zero-order valence-corrected chi connectivity index (χ0v) is 14.0. The van der Waals surface area contributed by atoms with Gasteiger partial charge in [-0.25, -0.2) is 14.4 Å². The second-order valence-electron chi connectivity index (χ2n) is 6.30. The first-order valence-electron chi connectivity index (χ1n) is 8.10. The molecule has 3 rings (SSSR count). The summed E-state index contributed by atoms with van der Waals surface area (Å²) in [4.78, 5) is 12.7. The Labute approximate surface area is 137 Å². The van der Waals surface area contributed by atoms with Gasteiger partial charge in [0.05, 0.1) is 6.20 Å². The number of nitrogens with zero attached hydrogens (tertiary/aromatic N) is 4. The zero-order valence-electron chi connectivity index (χ0n) is 14.0. The fourth-order valence-electron chi connectivity index (χ4n) is 3.09. The molecule has 1 saturated heterocycles. The number of rotatable bonds is 4. The Morgan fingerprint density at radius 1 is 1.22 bits per heavy atom. The molecule has 23 heavy (non-hydrogen) atoms. The molecule has 1 aromatic carbocycles. The molecule has 1 fully saturated rings. The van der Waals surface area contributed by atoms with Crippen LogP contribution in [0.2, 0.25) is 0 Å². The van der Waals surface area contributed by atoms with E-state index in [2.05, 4.69) is 33.9 Å². The predicted molar refractivity (Wildman–Crippen MR) is 91.0 cm³/mol. The molecule has 0 aliphatic carbocycles. The highest BCUT2D eigenvalue weighted by Crippen LogP contribution is 2.28. The van der Waals surface area contributed by atoms with Crippen LogP contribution in [0.3, 0.4) is 0 Å². The van der Waals surface area contributed by atoms with Crippen LogP contribution >= 0.6 is 0 Å². The van der Waals surface area contributed by atoms with Gasteiger partial charge in [-0.2, -0.15) is 0 Å². The molecule has 1 aliphatic rings. The highest BCUT2D eigenvalue weighted by atomic mass is 19.1. The average Bonchev–Trinajstić information content (AvgIpc) is 3.09. The monoisotopic (exact) mass is 314 g/mol. The molecular formula is C18H23FN4. The fourth-order valence-corrected chi connectivity index (χ4v) is 3.09. The van der Waals surface area contributed by atoms with Gasteiger partial charge in [-0.1, -0.05) is 18.2 Å². The third-order valence-electron chi connectivity index (χ3n) is 4.46. The van der Waals surface area contributed by atoms with Gasteiger partial charge in [-0.3, -0.25) is 4.90 Å². The van der Waals surface area contributed by atoms with Gasteiger partial charge in [0.1, 0.15) is 0 Å². The topological polar surface area (TPSA) is 32.3 Å². The Balaban J connectivity index is 1.92. The molecule has 0 amide bonds. The lowest BCUT2D eigenvalue weighted by atomic mass is 10.0. The van der Waals surface area contributed by atoms with E-state index < -0.39 is 5.82 Å². The first-order valence-corrected chi connectivity index (χ1v) is 8.10. The van der Waals surface area contributed by atoms with Crippen LogP contribution in [0.15, 0.2) is 30.5 Å². The molecule has 1 unspecified atom stereocenters. The summed E-state index contributed by atoms with van der Waals surface area (Å²) in [6.07, 6.45) is 3.79. The summed E-state index contributed by atoms with van der Waals surface area (Å²) in [6.45, 7) is 4.55. The van der Waals surface area contributed by atoms with Crippen LogP contribution in [-0.4, -0.2) is 42.1 Å². The maximum atomic E-state index is 13.8. The van der Waals surface area contributed by atoms with Crippen molar-refractivity contribution in [2.75, 3.05) is 32.1 Å². The molecule has 0 N–H and O–H groups in total. The van der Waals surface area contributed by atoms with E-state index in [0.29, 0.717) is 17.7 Å². The summed E-state index contributed by atoms with van der Waals surface area (Å²) in [7, 11) is 3.56. The van der Waals surface area contributed by atoms with Gasteiger partial charge >= 0.3 is 0 Å². The largest absolute Gasteiger partial charge is 0.360 e. The molecule has 5 heteroatoms. The molecule has 0 radical (unpaired) electrons. The standard InChI is InChI=1S/C18H23FN4/c1-13(23-9-4-5-10-23)14-7-6-8-15(11-14)17-20-12-16(19)18(21-17)22(2)3/h6-8,11-13H,4-5,9-10H2,1-3H3. The number of aromatic nitrogens is 2. The number of anilines is 1. The van der Waals surface area contributed by atoms with Crippen molar-refractivity contribution in [2.24, 2.45) is 0 Å². The third kappa shape index (κ3) is 3.34. The van der Waals surface area contributed by atoms with Crippen LogP contribution in [0.5, 0.6) is 0 Å². The lowest BCUT2D eigenvalue weighted by Gasteiger charge is -2.24. The van der Waals surface area contributed by atoms with Crippen molar-refractivity contribution in [3.63, 3.8) is 0 Å².